The third-order valence-corrected chi connectivity index (χ3v) is 6.27. The number of aromatic nitrogens is 3. The first-order chi connectivity index (χ1) is 15.2. The number of imidazole rings is 1. The van der Waals surface area contributed by atoms with E-state index in [2.05, 4.69) is 16.4 Å². The van der Waals surface area contributed by atoms with E-state index in [-0.39, 0.29) is 5.91 Å². The van der Waals surface area contributed by atoms with E-state index in [4.69, 9.17) is 17.2 Å². The number of fused-ring (bicyclic) bond motifs is 1. The van der Waals surface area contributed by atoms with Crippen molar-refractivity contribution < 1.29 is 4.79 Å². The molecule has 2 N–H and O–H groups in total. The Kier molecular flexibility index (Phi) is 5.19. The van der Waals surface area contributed by atoms with Crippen LogP contribution in [-0.4, -0.2) is 20.4 Å². The molecule has 152 valence electrons. The fraction of sp³-hybridized carbons (Fsp3) is 0.0417. The lowest BCUT2D eigenvalue weighted by Gasteiger charge is -2.09. The Morgan fingerprint density at radius 1 is 1.00 bits per heavy atom. The molecular formula is C24H18N4OS2. The van der Waals surface area contributed by atoms with Crippen molar-refractivity contribution in [1.29, 1.82) is 0 Å². The van der Waals surface area contributed by atoms with Crippen molar-refractivity contribution in [3.8, 4) is 5.69 Å². The number of hydrogen-bond acceptors (Lipinski definition) is 4. The summed E-state index contributed by atoms with van der Waals surface area (Å²) in [6, 6.07) is 25.6. The molecule has 2 aromatic heterocycles. The van der Waals surface area contributed by atoms with E-state index in [0.29, 0.717) is 10.5 Å². The number of para-hydroxylation sites is 2. The highest BCUT2D eigenvalue weighted by Crippen LogP contribution is 2.24. The lowest BCUT2D eigenvalue weighted by atomic mass is 10.1. The van der Waals surface area contributed by atoms with Crippen LogP contribution in [0.4, 0.5) is 5.69 Å². The summed E-state index contributed by atoms with van der Waals surface area (Å²) in [4.78, 5) is 20.5. The first-order valence-corrected chi connectivity index (χ1v) is 11.0. The zero-order valence-corrected chi connectivity index (χ0v) is 18.0. The van der Waals surface area contributed by atoms with Crippen LogP contribution in [0.3, 0.4) is 0 Å². The standard InChI is InChI=1S/C24H18N4OS2/c29-23(20-15-25-24(30)28(20)18-6-2-1-3-7-18)26-17-12-10-16(11-13-17)14-22-27-19-8-4-5-9-21(19)31-22/h1-13,15H,14H2,(H,25,30)(H,26,29). The summed E-state index contributed by atoms with van der Waals surface area (Å²) in [5, 5.41) is 4.03. The lowest BCUT2D eigenvalue weighted by Crippen LogP contribution is -2.16. The van der Waals surface area contributed by atoms with Gasteiger partial charge in [-0.1, -0.05) is 42.5 Å². The van der Waals surface area contributed by atoms with Gasteiger partial charge in [-0.15, -0.1) is 11.3 Å². The lowest BCUT2D eigenvalue weighted by molar-refractivity contribution is 0.102. The van der Waals surface area contributed by atoms with Crippen LogP contribution in [0.15, 0.2) is 85.1 Å². The van der Waals surface area contributed by atoms with Crippen molar-refractivity contribution in [1.82, 2.24) is 14.5 Å². The molecule has 0 bridgehead atoms. The SMILES string of the molecule is O=C(Nc1ccc(Cc2nc3ccccc3s2)cc1)c1c[nH]c(=S)n1-c1ccccc1. The molecule has 0 aliphatic heterocycles. The number of carbonyl (C=O) groups is 1. The molecule has 7 heteroatoms. The van der Waals surface area contributed by atoms with Crippen LogP contribution in [0.2, 0.25) is 0 Å². The van der Waals surface area contributed by atoms with Gasteiger partial charge >= 0.3 is 0 Å². The number of thiazole rings is 1. The van der Waals surface area contributed by atoms with Crippen LogP contribution in [0.1, 0.15) is 21.1 Å². The summed E-state index contributed by atoms with van der Waals surface area (Å²) in [6.07, 6.45) is 2.39. The molecule has 0 atom stereocenters. The van der Waals surface area contributed by atoms with Crippen molar-refractivity contribution in [3.63, 3.8) is 0 Å². The highest BCUT2D eigenvalue weighted by atomic mass is 32.1. The molecular weight excluding hydrogens is 424 g/mol. The Balaban J connectivity index is 1.32. The zero-order chi connectivity index (χ0) is 21.2. The first-order valence-electron chi connectivity index (χ1n) is 9.78. The average molecular weight is 443 g/mol. The Morgan fingerprint density at radius 2 is 1.74 bits per heavy atom. The van der Waals surface area contributed by atoms with Gasteiger partial charge in [0.25, 0.3) is 5.91 Å². The number of carbonyl (C=O) groups excluding carboxylic acids is 1. The second-order valence-electron chi connectivity index (χ2n) is 7.05. The zero-order valence-electron chi connectivity index (χ0n) is 16.4. The maximum Gasteiger partial charge on any atom is 0.274 e. The third kappa shape index (κ3) is 4.05. The summed E-state index contributed by atoms with van der Waals surface area (Å²) in [6.45, 7) is 0. The number of H-pyrrole nitrogens is 1. The van der Waals surface area contributed by atoms with E-state index in [1.54, 1.807) is 22.1 Å². The maximum absolute atomic E-state index is 12.9. The van der Waals surface area contributed by atoms with Gasteiger partial charge in [0.1, 0.15) is 5.69 Å². The van der Waals surface area contributed by atoms with Crippen molar-refractivity contribution in [2.75, 3.05) is 5.32 Å². The molecule has 1 amide bonds. The van der Waals surface area contributed by atoms with E-state index < -0.39 is 0 Å². The molecule has 0 saturated carbocycles. The van der Waals surface area contributed by atoms with Crippen molar-refractivity contribution in [2.24, 2.45) is 0 Å². The summed E-state index contributed by atoms with van der Waals surface area (Å²) in [5.41, 5.74) is 4.20. The second kappa shape index (κ2) is 8.29. The summed E-state index contributed by atoms with van der Waals surface area (Å²) in [5.74, 6) is -0.227. The Labute approximate surface area is 188 Å². The fourth-order valence-electron chi connectivity index (χ4n) is 3.44. The maximum atomic E-state index is 12.9. The molecule has 5 rings (SSSR count). The van der Waals surface area contributed by atoms with Crippen molar-refractivity contribution in [3.05, 3.63) is 106 Å². The highest BCUT2D eigenvalue weighted by molar-refractivity contribution is 7.71. The van der Waals surface area contributed by atoms with E-state index in [1.807, 2.05) is 72.8 Å². The molecule has 3 aromatic carbocycles. The van der Waals surface area contributed by atoms with Gasteiger partial charge in [0.15, 0.2) is 4.77 Å². The minimum absolute atomic E-state index is 0.227. The summed E-state index contributed by atoms with van der Waals surface area (Å²) >= 11 is 7.07. The van der Waals surface area contributed by atoms with Gasteiger partial charge in [-0.25, -0.2) is 4.98 Å². The number of benzene rings is 3. The number of nitrogens with one attached hydrogen (secondary N) is 2. The first kappa shape index (κ1) is 19.4. The average Bonchev–Trinajstić information content (AvgIpc) is 3.38. The van der Waals surface area contributed by atoms with E-state index in [0.717, 1.165) is 33.9 Å². The normalized spacial score (nSPS) is 11.0. The Bertz CT molecular complexity index is 1380. The highest BCUT2D eigenvalue weighted by Gasteiger charge is 2.14. The smallest absolute Gasteiger partial charge is 0.274 e. The monoisotopic (exact) mass is 442 g/mol. The minimum Gasteiger partial charge on any atom is -0.336 e. The molecule has 5 aromatic rings. The summed E-state index contributed by atoms with van der Waals surface area (Å²) in [7, 11) is 0. The number of nitrogens with zero attached hydrogens (tertiary/aromatic N) is 2. The molecule has 0 aliphatic rings. The van der Waals surface area contributed by atoms with Gasteiger partial charge in [-0.3, -0.25) is 9.36 Å². The summed E-state index contributed by atoms with van der Waals surface area (Å²) < 4.78 is 3.40. The predicted molar refractivity (Wildman–Crippen MR) is 128 cm³/mol. The van der Waals surface area contributed by atoms with Gasteiger partial charge in [-0.05, 0) is 54.2 Å². The fourth-order valence-corrected chi connectivity index (χ4v) is 4.70. The molecule has 0 saturated heterocycles. The molecule has 0 fully saturated rings. The Morgan fingerprint density at radius 3 is 2.52 bits per heavy atom. The van der Waals surface area contributed by atoms with Gasteiger partial charge in [0.05, 0.1) is 15.2 Å². The second-order valence-corrected chi connectivity index (χ2v) is 8.56. The van der Waals surface area contributed by atoms with Crippen LogP contribution in [-0.2, 0) is 6.42 Å². The van der Waals surface area contributed by atoms with E-state index in [9.17, 15) is 4.79 Å². The molecule has 5 nitrogen and oxygen atoms in total. The minimum atomic E-state index is -0.227. The Hall–Kier alpha value is -3.55. The van der Waals surface area contributed by atoms with Gasteiger partial charge < -0.3 is 10.3 Å². The third-order valence-electron chi connectivity index (χ3n) is 4.93. The van der Waals surface area contributed by atoms with Gasteiger partial charge in [0.2, 0.25) is 0 Å². The van der Waals surface area contributed by atoms with Gasteiger partial charge in [0, 0.05) is 24.0 Å². The largest absolute Gasteiger partial charge is 0.336 e. The van der Waals surface area contributed by atoms with Crippen molar-refractivity contribution >= 4 is 45.4 Å². The van der Waals surface area contributed by atoms with Crippen LogP contribution in [0.5, 0.6) is 0 Å². The molecule has 0 unspecified atom stereocenters. The molecule has 0 spiro atoms. The van der Waals surface area contributed by atoms with Crippen LogP contribution in [0.25, 0.3) is 15.9 Å². The molecule has 2 heterocycles. The van der Waals surface area contributed by atoms with E-state index >= 15 is 0 Å². The van der Waals surface area contributed by atoms with Crippen LogP contribution >= 0.6 is 23.6 Å². The van der Waals surface area contributed by atoms with Crippen LogP contribution < -0.4 is 5.32 Å². The quantitative estimate of drug-likeness (QED) is 0.329. The topological polar surface area (TPSA) is 62.7 Å². The number of rotatable bonds is 5. The predicted octanol–water partition coefficient (Wildman–Crippen LogP) is 5.99. The number of aromatic amines is 1. The molecule has 0 aliphatic carbocycles. The van der Waals surface area contributed by atoms with Gasteiger partial charge in [-0.2, -0.15) is 0 Å². The van der Waals surface area contributed by atoms with Crippen LogP contribution in [0, 0.1) is 4.77 Å². The number of hydrogen-bond donors (Lipinski definition) is 2. The number of amides is 1. The molecule has 0 radical (unpaired) electrons. The molecule has 31 heavy (non-hydrogen) atoms. The number of anilines is 1. The van der Waals surface area contributed by atoms with Crippen molar-refractivity contribution in [2.45, 2.75) is 6.42 Å². The van der Waals surface area contributed by atoms with E-state index in [1.165, 1.54) is 4.70 Å².